The maximum absolute atomic E-state index is 12.6. The van der Waals surface area contributed by atoms with Gasteiger partial charge in [0.15, 0.2) is 0 Å². The molecule has 3 amide bonds. The minimum atomic E-state index is -0.199. The lowest BCUT2D eigenvalue weighted by Crippen LogP contribution is -2.40. The quantitative estimate of drug-likeness (QED) is 0.782. The first-order valence-corrected chi connectivity index (χ1v) is 7.97. The van der Waals surface area contributed by atoms with E-state index in [-0.39, 0.29) is 18.5 Å². The molecule has 9 heteroatoms. The Morgan fingerprint density at radius 3 is 2.92 bits per heavy atom. The third kappa shape index (κ3) is 3.87. The van der Waals surface area contributed by atoms with Crippen molar-refractivity contribution in [2.75, 3.05) is 38.2 Å². The van der Waals surface area contributed by atoms with Crippen molar-refractivity contribution in [3.8, 4) is 5.75 Å². The highest BCUT2D eigenvalue weighted by Crippen LogP contribution is 2.30. The fraction of sp³-hybridized carbons (Fsp3) is 0.375. The molecule has 2 aromatic rings. The lowest BCUT2D eigenvalue weighted by molar-refractivity contribution is -0.121. The van der Waals surface area contributed by atoms with Gasteiger partial charge < -0.3 is 15.0 Å². The molecule has 132 valence electrons. The summed E-state index contributed by atoms with van der Waals surface area (Å²) in [7, 11) is 1.57. The SMILES string of the molecule is COc1ccccc1N1CCN(CC(=O)NCCn2cncn2)C1=O. The van der Waals surface area contributed by atoms with Gasteiger partial charge in [-0.3, -0.25) is 14.4 Å². The number of para-hydroxylation sites is 2. The first-order valence-electron chi connectivity index (χ1n) is 7.97. The number of aromatic nitrogens is 3. The van der Waals surface area contributed by atoms with Crippen LogP contribution in [0.2, 0.25) is 0 Å². The molecule has 1 aliphatic heterocycles. The summed E-state index contributed by atoms with van der Waals surface area (Å²) in [6, 6.07) is 7.14. The molecular formula is C16H20N6O3. The molecule has 0 spiro atoms. The van der Waals surface area contributed by atoms with Gasteiger partial charge in [0, 0.05) is 19.6 Å². The fourth-order valence-corrected chi connectivity index (χ4v) is 2.69. The molecule has 1 aromatic carbocycles. The van der Waals surface area contributed by atoms with Crippen LogP contribution in [-0.4, -0.2) is 64.9 Å². The van der Waals surface area contributed by atoms with E-state index >= 15 is 0 Å². The van der Waals surface area contributed by atoms with E-state index in [4.69, 9.17) is 4.74 Å². The minimum Gasteiger partial charge on any atom is -0.495 e. The van der Waals surface area contributed by atoms with E-state index in [9.17, 15) is 9.59 Å². The van der Waals surface area contributed by atoms with Crippen molar-refractivity contribution in [2.24, 2.45) is 0 Å². The number of rotatable bonds is 7. The molecule has 9 nitrogen and oxygen atoms in total. The Bertz CT molecular complexity index is 733. The standard InChI is InChI=1S/C16H20N6O3/c1-25-14-5-3-2-4-13(14)22-9-8-20(16(22)24)10-15(23)18-6-7-21-12-17-11-19-21/h2-5,11-12H,6-10H2,1H3,(H,18,23). The van der Waals surface area contributed by atoms with Crippen molar-refractivity contribution in [3.63, 3.8) is 0 Å². The van der Waals surface area contributed by atoms with E-state index in [1.165, 1.54) is 11.2 Å². The molecular weight excluding hydrogens is 324 g/mol. The normalized spacial score (nSPS) is 14.0. The highest BCUT2D eigenvalue weighted by molar-refractivity contribution is 5.97. The molecule has 0 bridgehead atoms. The summed E-state index contributed by atoms with van der Waals surface area (Å²) >= 11 is 0. The molecule has 1 aromatic heterocycles. The number of amides is 3. The zero-order valence-corrected chi connectivity index (χ0v) is 14.0. The lowest BCUT2D eigenvalue weighted by atomic mass is 10.2. The van der Waals surface area contributed by atoms with Crippen LogP contribution >= 0.6 is 0 Å². The second kappa shape index (κ2) is 7.65. The zero-order valence-electron chi connectivity index (χ0n) is 14.0. The molecule has 0 unspecified atom stereocenters. The number of anilines is 1. The van der Waals surface area contributed by atoms with Crippen molar-refractivity contribution in [3.05, 3.63) is 36.9 Å². The molecule has 0 aliphatic carbocycles. The van der Waals surface area contributed by atoms with Gasteiger partial charge in [0.05, 0.1) is 19.3 Å². The zero-order chi connectivity index (χ0) is 17.6. The van der Waals surface area contributed by atoms with Crippen LogP contribution < -0.4 is 15.0 Å². The Hall–Kier alpha value is -3.10. The van der Waals surface area contributed by atoms with Crippen LogP contribution in [0, 0.1) is 0 Å². The van der Waals surface area contributed by atoms with E-state index in [0.29, 0.717) is 37.6 Å². The summed E-state index contributed by atoms with van der Waals surface area (Å²) in [6.45, 7) is 2.01. The highest BCUT2D eigenvalue weighted by Gasteiger charge is 2.32. The number of methoxy groups -OCH3 is 1. The molecule has 0 saturated carbocycles. The highest BCUT2D eigenvalue weighted by atomic mass is 16.5. The Kier molecular flexibility index (Phi) is 5.12. The van der Waals surface area contributed by atoms with Gasteiger partial charge in [0.2, 0.25) is 5.91 Å². The molecule has 1 aliphatic rings. The summed E-state index contributed by atoms with van der Waals surface area (Å²) in [5, 5.41) is 6.74. The Morgan fingerprint density at radius 2 is 2.16 bits per heavy atom. The maximum atomic E-state index is 12.6. The summed E-state index contributed by atoms with van der Waals surface area (Å²) in [4.78, 5) is 31.6. The average molecular weight is 344 g/mol. The number of nitrogens with zero attached hydrogens (tertiary/aromatic N) is 5. The van der Waals surface area contributed by atoms with E-state index < -0.39 is 0 Å². The van der Waals surface area contributed by atoms with Gasteiger partial charge in [-0.25, -0.2) is 9.78 Å². The average Bonchev–Trinajstić information content (AvgIpc) is 3.26. The predicted octanol–water partition coefficient (Wildman–Crippen LogP) is 0.345. The smallest absolute Gasteiger partial charge is 0.325 e. The number of hydrogen-bond donors (Lipinski definition) is 1. The number of urea groups is 1. The van der Waals surface area contributed by atoms with Gasteiger partial charge >= 0.3 is 6.03 Å². The van der Waals surface area contributed by atoms with Crippen LogP contribution in [0.4, 0.5) is 10.5 Å². The summed E-state index contributed by atoms with van der Waals surface area (Å²) in [6.07, 6.45) is 3.03. The van der Waals surface area contributed by atoms with Gasteiger partial charge in [-0.15, -0.1) is 0 Å². The van der Waals surface area contributed by atoms with Crippen LogP contribution in [0.1, 0.15) is 0 Å². The molecule has 1 fully saturated rings. The van der Waals surface area contributed by atoms with Gasteiger partial charge in [-0.2, -0.15) is 5.10 Å². The number of hydrogen-bond acceptors (Lipinski definition) is 5. The van der Waals surface area contributed by atoms with Gasteiger partial charge in [0.25, 0.3) is 0 Å². The molecule has 3 rings (SSSR count). The Labute approximate surface area is 145 Å². The summed E-state index contributed by atoms with van der Waals surface area (Å²) < 4.78 is 6.94. The van der Waals surface area contributed by atoms with E-state index in [2.05, 4.69) is 15.4 Å². The third-order valence-corrected chi connectivity index (χ3v) is 3.94. The van der Waals surface area contributed by atoms with Crippen LogP contribution in [0.25, 0.3) is 0 Å². The van der Waals surface area contributed by atoms with Crippen LogP contribution in [0.15, 0.2) is 36.9 Å². The molecule has 25 heavy (non-hydrogen) atoms. The molecule has 0 atom stereocenters. The van der Waals surface area contributed by atoms with Crippen LogP contribution in [0.5, 0.6) is 5.75 Å². The van der Waals surface area contributed by atoms with Crippen molar-refractivity contribution < 1.29 is 14.3 Å². The topological polar surface area (TPSA) is 92.6 Å². The van der Waals surface area contributed by atoms with Crippen molar-refractivity contribution >= 4 is 17.6 Å². The number of benzene rings is 1. The second-order valence-electron chi connectivity index (χ2n) is 5.54. The van der Waals surface area contributed by atoms with Crippen molar-refractivity contribution in [2.45, 2.75) is 6.54 Å². The largest absolute Gasteiger partial charge is 0.495 e. The monoisotopic (exact) mass is 344 g/mol. The molecule has 1 N–H and O–H groups in total. The fourth-order valence-electron chi connectivity index (χ4n) is 2.69. The molecule has 0 radical (unpaired) electrons. The lowest BCUT2D eigenvalue weighted by Gasteiger charge is -2.20. The predicted molar refractivity (Wildman–Crippen MR) is 90.3 cm³/mol. The Morgan fingerprint density at radius 1 is 1.32 bits per heavy atom. The number of nitrogens with one attached hydrogen (secondary N) is 1. The minimum absolute atomic E-state index is 0.0296. The van der Waals surface area contributed by atoms with Gasteiger partial charge in [-0.05, 0) is 12.1 Å². The van der Waals surface area contributed by atoms with E-state index in [1.807, 2.05) is 24.3 Å². The number of ether oxygens (including phenoxy) is 1. The van der Waals surface area contributed by atoms with Crippen LogP contribution in [0.3, 0.4) is 0 Å². The van der Waals surface area contributed by atoms with Gasteiger partial charge in [-0.1, -0.05) is 12.1 Å². The first-order chi connectivity index (χ1) is 12.2. The Balaban J connectivity index is 1.52. The van der Waals surface area contributed by atoms with Crippen molar-refractivity contribution in [1.82, 2.24) is 25.0 Å². The van der Waals surface area contributed by atoms with Crippen molar-refractivity contribution in [1.29, 1.82) is 0 Å². The van der Waals surface area contributed by atoms with E-state index in [1.54, 1.807) is 23.0 Å². The maximum Gasteiger partial charge on any atom is 0.325 e. The molecule has 2 heterocycles. The number of carbonyl (C=O) groups excluding carboxylic acids is 2. The van der Waals surface area contributed by atoms with E-state index in [0.717, 1.165) is 0 Å². The summed E-state index contributed by atoms with van der Waals surface area (Å²) in [5.74, 6) is 0.435. The van der Waals surface area contributed by atoms with Gasteiger partial charge in [0.1, 0.15) is 24.9 Å². The first kappa shape index (κ1) is 16.7. The third-order valence-electron chi connectivity index (χ3n) is 3.94. The summed E-state index contributed by atoms with van der Waals surface area (Å²) in [5.41, 5.74) is 0.712. The second-order valence-corrected chi connectivity index (χ2v) is 5.54. The molecule has 1 saturated heterocycles. The number of carbonyl (C=O) groups is 2. The van der Waals surface area contributed by atoms with Crippen LogP contribution in [-0.2, 0) is 11.3 Å².